The summed E-state index contributed by atoms with van der Waals surface area (Å²) >= 11 is 0. The van der Waals surface area contributed by atoms with E-state index in [4.69, 9.17) is 10.5 Å². The number of anilines is 2. The Balaban J connectivity index is 2.05. The normalized spacial score (nSPS) is 17.1. The van der Waals surface area contributed by atoms with E-state index in [9.17, 15) is 4.79 Å². The third-order valence-electron chi connectivity index (χ3n) is 3.54. The van der Waals surface area contributed by atoms with E-state index in [2.05, 4.69) is 10.4 Å². The van der Waals surface area contributed by atoms with E-state index >= 15 is 0 Å². The summed E-state index contributed by atoms with van der Waals surface area (Å²) < 4.78 is 6.95. The van der Waals surface area contributed by atoms with Gasteiger partial charge in [-0.1, -0.05) is 6.92 Å². The molecular formula is C13H23N5O2. The zero-order valence-corrected chi connectivity index (χ0v) is 12.3. The highest BCUT2D eigenvalue weighted by molar-refractivity contribution is 5.85. The van der Waals surface area contributed by atoms with Crippen LogP contribution in [0.25, 0.3) is 0 Å². The Labute approximate surface area is 119 Å². The quantitative estimate of drug-likeness (QED) is 0.825. The van der Waals surface area contributed by atoms with Crippen LogP contribution in [-0.4, -0.2) is 52.9 Å². The summed E-state index contributed by atoms with van der Waals surface area (Å²) in [6.07, 6.45) is 0.771. The molecule has 0 aliphatic carbocycles. The lowest BCUT2D eigenvalue weighted by molar-refractivity contribution is -0.135. The van der Waals surface area contributed by atoms with Crippen molar-refractivity contribution in [3.05, 3.63) is 5.69 Å². The fourth-order valence-electron chi connectivity index (χ4n) is 2.35. The van der Waals surface area contributed by atoms with Crippen LogP contribution < -0.4 is 11.1 Å². The van der Waals surface area contributed by atoms with E-state index in [1.54, 1.807) is 4.68 Å². The molecule has 20 heavy (non-hydrogen) atoms. The van der Waals surface area contributed by atoms with Crippen LogP contribution in [0.4, 0.5) is 11.5 Å². The summed E-state index contributed by atoms with van der Waals surface area (Å²) in [5.41, 5.74) is 7.52. The summed E-state index contributed by atoms with van der Waals surface area (Å²) in [6, 6.07) is -0.337. The van der Waals surface area contributed by atoms with E-state index in [1.165, 1.54) is 0 Å². The Morgan fingerprint density at radius 2 is 2.15 bits per heavy atom. The van der Waals surface area contributed by atoms with E-state index in [1.807, 2.05) is 25.8 Å². The van der Waals surface area contributed by atoms with Crippen LogP contribution in [0.2, 0.25) is 0 Å². The van der Waals surface area contributed by atoms with Gasteiger partial charge in [-0.25, -0.2) is 0 Å². The van der Waals surface area contributed by atoms with E-state index in [0.29, 0.717) is 37.8 Å². The maximum absolute atomic E-state index is 12.3. The molecular weight excluding hydrogens is 258 g/mol. The number of hydrogen-bond acceptors (Lipinski definition) is 5. The van der Waals surface area contributed by atoms with Gasteiger partial charge in [0.2, 0.25) is 5.91 Å². The van der Waals surface area contributed by atoms with Crippen molar-refractivity contribution < 1.29 is 9.53 Å². The van der Waals surface area contributed by atoms with Crippen molar-refractivity contribution in [2.75, 3.05) is 37.4 Å². The van der Waals surface area contributed by atoms with Crippen molar-refractivity contribution in [3.63, 3.8) is 0 Å². The van der Waals surface area contributed by atoms with E-state index in [-0.39, 0.29) is 11.9 Å². The number of nitrogens with zero attached hydrogens (tertiary/aromatic N) is 3. The summed E-state index contributed by atoms with van der Waals surface area (Å²) in [5, 5.41) is 7.51. The fraction of sp³-hybridized carbons (Fsp3) is 0.692. The van der Waals surface area contributed by atoms with Gasteiger partial charge in [-0.15, -0.1) is 0 Å². The van der Waals surface area contributed by atoms with Crippen LogP contribution in [0.3, 0.4) is 0 Å². The number of nitrogens with one attached hydrogen (secondary N) is 1. The first kappa shape index (κ1) is 14.6. The highest BCUT2D eigenvalue weighted by Crippen LogP contribution is 2.23. The van der Waals surface area contributed by atoms with Crippen LogP contribution in [-0.2, 0) is 23.0 Å². The van der Waals surface area contributed by atoms with Gasteiger partial charge in [0.1, 0.15) is 11.9 Å². The Bertz CT molecular complexity index is 479. The first-order valence-electron chi connectivity index (χ1n) is 6.99. The Morgan fingerprint density at radius 3 is 2.70 bits per heavy atom. The average Bonchev–Trinajstić information content (AvgIpc) is 2.74. The summed E-state index contributed by atoms with van der Waals surface area (Å²) in [6.45, 7) is 6.34. The number of morpholine rings is 1. The molecule has 1 amide bonds. The van der Waals surface area contributed by atoms with Gasteiger partial charge < -0.3 is 20.7 Å². The molecule has 0 aromatic carbocycles. The Morgan fingerprint density at radius 1 is 1.50 bits per heavy atom. The van der Waals surface area contributed by atoms with Gasteiger partial charge in [0, 0.05) is 20.1 Å². The number of amides is 1. The molecule has 1 saturated heterocycles. The van der Waals surface area contributed by atoms with Crippen molar-refractivity contribution in [2.45, 2.75) is 26.3 Å². The molecule has 2 rings (SSSR count). The molecule has 1 aromatic heterocycles. The molecule has 7 nitrogen and oxygen atoms in total. The molecule has 7 heteroatoms. The molecule has 0 bridgehead atoms. The minimum atomic E-state index is -0.337. The smallest absolute Gasteiger partial charge is 0.244 e. The van der Waals surface area contributed by atoms with Crippen molar-refractivity contribution in [2.24, 2.45) is 7.05 Å². The summed E-state index contributed by atoms with van der Waals surface area (Å²) in [4.78, 5) is 14.2. The highest BCUT2D eigenvalue weighted by Gasteiger charge is 2.24. The lowest BCUT2D eigenvalue weighted by Crippen LogP contribution is -2.47. The second kappa shape index (κ2) is 6.13. The number of hydrogen-bond donors (Lipinski definition) is 2. The van der Waals surface area contributed by atoms with Crippen LogP contribution in [0.15, 0.2) is 0 Å². The van der Waals surface area contributed by atoms with Gasteiger partial charge in [-0.2, -0.15) is 5.10 Å². The fourth-order valence-corrected chi connectivity index (χ4v) is 2.35. The predicted molar refractivity (Wildman–Crippen MR) is 77.5 cm³/mol. The van der Waals surface area contributed by atoms with Crippen molar-refractivity contribution >= 4 is 17.4 Å². The minimum absolute atomic E-state index is 0.0620. The van der Waals surface area contributed by atoms with Gasteiger partial charge in [0.15, 0.2) is 0 Å². The van der Waals surface area contributed by atoms with Gasteiger partial charge >= 0.3 is 0 Å². The third kappa shape index (κ3) is 2.87. The lowest BCUT2D eigenvalue weighted by atomic mass is 10.2. The van der Waals surface area contributed by atoms with Gasteiger partial charge in [0.05, 0.1) is 24.6 Å². The van der Waals surface area contributed by atoms with Gasteiger partial charge in [-0.05, 0) is 13.3 Å². The van der Waals surface area contributed by atoms with E-state index in [0.717, 1.165) is 12.1 Å². The summed E-state index contributed by atoms with van der Waals surface area (Å²) in [5.74, 6) is 0.767. The second-order valence-corrected chi connectivity index (χ2v) is 4.99. The third-order valence-corrected chi connectivity index (χ3v) is 3.54. The zero-order valence-electron chi connectivity index (χ0n) is 12.3. The number of nitrogen functional groups attached to an aromatic ring is 1. The molecule has 1 aliphatic heterocycles. The largest absolute Gasteiger partial charge is 0.394 e. The molecule has 1 fully saturated rings. The number of aryl methyl sites for hydroxylation is 2. The van der Waals surface area contributed by atoms with Crippen molar-refractivity contribution in [3.8, 4) is 0 Å². The van der Waals surface area contributed by atoms with Gasteiger partial charge in [-0.3, -0.25) is 9.48 Å². The highest BCUT2D eigenvalue weighted by atomic mass is 16.5. The summed E-state index contributed by atoms with van der Waals surface area (Å²) in [7, 11) is 1.82. The molecule has 1 aromatic rings. The number of ether oxygens (including phenoxy) is 1. The standard InChI is InChI=1S/C13H23N5O2/c1-4-10-11(14)12(17(3)16-10)15-9(2)13(19)18-5-7-20-8-6-18/h9,15H,4-8,14H2,1-3H3. The van der Waals surface area contributed by atoms with Crippen LogP contribution >= 0.6 is 0 Å². The number of nitrogens with two attached hydrogens (primary N) is 1. The van der Waals surface area contributed by atoms with Gasteiger partial charge in [0.25, 0.3) is 0 Å². The first-order chi connectivity index (χ1) is 9.54. The van der Waals surface area contributed by atoms with Crippen LogP contribution in [0, 0.1) is 0 Å². The molecule has 1 atom stereocenters. The van der Waals surface area contributed by atoms with Crippen LogP contribution in [0.5, 0.6) is 0 Å². The first-order valence-corrected chi connectivity index (χ1v) is 6.99. The lowest BCUT2D eigenvalue weighted by Gasteiger charge is -2.29. The SMILES string of the molecule is CCc1nn(C)c(NC(C)C(=O)N2CCOCC2)c1N. The van der Waals surface area contributed by atoms with Crippen LogP contribution in [0.1, 0.15) is 19.5 Å². The molecule has 0 spiro atoms. The van der Waals surface area contributed by atoms with Crippen molar-refractivity contribution in [1.82, 2.24) is 14.7 Å². The number of carbonyl (C=O) groups excluding carboxylic acids is 1. The number of carbonyl (C=O) groups is 1. The second-order valence-electron chi connectivity index (χ2n) is 4.99. The number of rotatable bonds is 4. The molecule has 1 unspecified atom stereocenters. The maximum atomic E-state index is 12.3. The molecule has 1 aliphatic rings. The molecule has 112 valence electrons. The molecule has 3 N–H and O–H groups in total. The molecule has 2 heterocycles. The monoisotopic (exact) mass is 281 g/mol. The number of aromatic nitrogens is 2. The molecule has 0 saturated carbocycles. The van der Waals surface area contributed by atoms with Crippen molar-refractivity contribution in [1.29, 1.82) is 0 Å². The predicted octanol–water partition coefficient (Wildman–Crippen LogP) is 0.224. The Hall–Kier alpha value is -1.76. The Kier molecular flexibility index (Phi) is 4.49. The minimum Gasteiger partial charge on any atom is -0.394 e. The average molecular weight is 281 g/mol. The maximum Gasteiger partial charge on any atom is 0.244 e. The zero-order chi connectivity index (χ0) is 14.7. The molecule has 0 radical (unpaired) electrons. The topological polar surface area (TPSA) is 85.4 Å². The van der Waals surface area contributed by atoms with E-state index < -0.39 is 0 Å².